The first kappa shape index (κ1) is 9.87. The van der Waals surface area contributed by atoms with Gasteiger partial charge in [0.15, 0.2) is 0 Å². The fraction of sp³-hybridized carbons (Fsp3) is 0.667. The molecule has 0 fully saturated rings. The Kier molecular flexibility index (Phi) is 2.98. The van der Waals surface area contributed by atoms with E-state index in [1.165, 1.54) is 6.92 Å². The van der Waals surface area contributed by atoms with Crippen molar-refractivity contribution in [3.05, 3.63) is 0 Å². The molecule has 11 heavy (non-hydrogen) atoms. The van der Waals surface area contributed by atoms with Gasteiger partial charge in [-0.15, -0.1) is 0 Å². The first-order valence-electron chi connectivity index (χ1n) is 3.11. The lowest BCUT2D eigenvalue weighted by molar-refractivity contribution is -0.167. The summed E-state index contributed by atoms with van der Waals surface area (Å²) in [6, 6.07) is 0. The first-order valence-corrected chi connectivity index (χ1v) is 3.11. The Bertz CT molecular complexity index is 163. The first-order chi connectivity index (χ1) is 4.95. The molecule has 0 saturated carbocycles. The van der Waals surface area contributed by atoms with Crippen LogP contribution < -0.4 is 0 Å². The average Bonchev–Trinajstić information content (AvgIpc) is 1.87. The van der Waals surface area contributed by atoms with E-state index in [4.69, 9.17) is 10.2 Å². The normalized spacial score (nSPS) is 11.1. The maximum absolute atomic E-state index is 12.8. The van der Waals surface area contributed by atoms with Gasteiger partial charge in [-0.1, -0.05) is 13.3 Å². The molecular weight excluding hydrogens is 155 g/mol. The summed E-state index contributed by atoms with van der Waals surface area (Å²) in [6.45, 7) is 1.51. The highest BCUT2D eigenvalue weighted by atomic mass is 19.1. The van der Waals surface area contributed by atoms with Crippen LogP contribution >= 0.6 is 0 Å². The lowest BCUT2D eigenvalue weighted by Crippen LogP contribution is -2.41. The smallest absolute Gasteiger partial charge is 0.353 e. The van der Waals surface area contributed by atoms with E-state index in [0.717, 1.165) is 0 Å². The molecule has 4 nitrogen and oxygen atoms in total. The van der Waals surface area contributed by atoms with Crippen LogP contribution in [0.2, 0.25) is 0 Å². The van der Waals surface area contributed by atoms with E-state index in [-0.39, 0.29) is 6.42 Å². The van der Waals surface area contributed by atoms with Crippen LogP contribution in [-0.2, 0) is 9.59 Å². The Morgan fingerprint density at radius 2 is 1.73 bits per heavy atom. The number of aliphatic carboxylic acids is 2. The summed E-state index contributed by atoms with van der Waals surface area (Å²) in [7, 11) is 0. The van der Waals surface area contributed by atoms with Crippen molar-refractivity contribution in [2.75, 3.05) is 0 Å². The molecular formula is C6H9FO4. The van der Waals surface area contributed by atoms with Crippen LogP contribution in [0.1, 0.15) is 19.8 Å². The van der Waals surface area contributed by atoms with E-state index in [2.05, 4.69) is 0 Å². The molecule has 0 aromatic carbocycles. The minimum Gasteiger partial charge on any atom is -0.478 e. The summed E-state index contributed by atoms with van der Waals surface area (Å²) in [4.78, 5) is 20.2. The maximum Gasteiger partial charge on any atom is 0.353 e. The monoisotopic (exact) mass is 164 g/mol. The number of carbonyl (C=O) groups is 2. The number of carboxylic acid groups (broad SMARTS) is 2. The molecule has 0 atom stereocenters. The molecule has 0 aromatic rings. The SMILES string of the molecule is CCCC(F)(C(=O)O)C(=O)O. The lowest BCUT2D eigenvalue weighted by atomic mass is 10.0. The van der Waals surface area contributed by atoms with Crippen LogP contribution in [0.15, 0.2) is 0 Å². The van der Waals surface area contributed by atoms with Crippen molar-refractivity contribution in [3.8, 4) is 0 Å². The lowest BCUT2D eigenvalue weighted by Gasteiger charge is -2.13. The second-order valence-corrected chi connectivity index (χ2v) is 2.16. The van der Waals surface area contributed by atoms with E-state index < -0.39 is 24.0 Å². The van der Waals surface area contributed by atoms with Crippen LogP contribution in [0.3, 0.4) is 0 Å². The Morgan fingerprint density at radius 1 is 1.36 bits per heavy atom. The van der Waals surface area contributed by atoms with E-state index in [1.807, 2.05) is 0 Å². The van der Waals surface area contributed by atoms with Crippen molar-refractivity contribution in [3.63, 3.8) is 0 Å². The third kappa shape index (κ3) is 1.89. The maximum atomic E-state index is 12.8. The quantitative estimate of drug-likeness (QED) is 0.598. The van der Waals surface area contributed by atoms with E-state index in [1.54, 1.807) is 0 Å². The zero-order valence-electron chi connectivity index (χ0n) is 6.00. The van der Waals surface area contributed by atoms with Crippen molar-refractivity contribution in [1.29, 1.82) is 0 Å². The van der Waals surface area contributed by atoms with Crippen molar-refractivity contribution < 1.29 is 24.2 Å². The van der Waals surface area contributed by atoms with Gasteiger partial charge in [-0.05, 0) is 0 Å². The van der Waals surface area contributed by atoms with Gasteiger partial charge in [0.1, 0.15) is 0 Å². The summed E-state index contributed by atoms with van der Waals surface area (Å²) >= 11 is 0. The molecule has 0 unspecified atom stereocenters. The molecule has 0 aliphatic rings. The Labute approximate surface area is 62.6 Å². The van der Waals surface area contributed by atoms with Gasteiger partial charge in [-0.2, -0.15) is 0 Å². The largest absolute Gasteiger partial charge is 0.478 e. The van der Waals surface area contributed by atoms with Gasteiger partial charge in [0.25, 0.3) is 0 Å². The highest BCUT2D eigenvalue weighted by molar-refractivity contribution is 6.01. The van der Waals surface area contributed by atoms with Crippen LogP contribution in [0, 0.1) is 0 Å². The molecule has 0 bridgehead atoms. The second kappa shape index (κ2) is 3.32. The standard InChI is InChI=1S/C6H9FO4/c1-2-3-6(7,4(8)9)5(10)11/h2-3H2,1H3,(H,8,9)(H,10,11). The highest BCUT2D eigenvalue weighted by Gasteiger charge is 2.46. The molecule has 5 heteroatoms. The topological polar surface area (TPSA) is 74.6 Å². The molecule has 0 spiro atoms. The van der Waals surface area contributed by atoms with Crippen molar-refractivity contribution >= 4 is 11.9 Å². The van der Waals surface area contributed by atoms with Gasteiger partial charge in [0.05, 0.1) is 0 Å². The fourth-order valence-electron chi connectivity index (χ4n) is 0.650. The Balaban J connectivity index is 4.52. The number of rotatable bonds is 4. The van der Waals surface area contributed by atoms with Crippen molar-refractivity contribution in [2.45, 2.75) is 25.4 Å². The van der Waals surface area contributed by atoms with Gasteiger partial charge < -0.3 is 10.2 Å². The molecule has 0 rings (SSSR count). The summed E-state index contributed by atoms with van der Waals surface area (Å²) < 4.78 is 12.8. The third-order valence-electron chi connectivity index (χ3n) is 1.27. The zero-order chi connectivity index (χ0) is 9.07. The summed E-state index contributed by atoms with van der Waals surface area (Å²) in [5.41, 5.74) is -3.12. The van der Waals surface area contributed by atoms with Crippen molar-refractivity contribution in [1.82, 2.24) is 0 Å². The molecule has 0 heterocycles. The molecule has 0 aliphatic carbocycles. The minimum atomic E-state index is -3.12. The summed E-state index contributed by atoms with van der Waals surface area (Å²) in [5, 5.41) is 16.4. The number of halogens is 1. The highest BCUT2D eigenvalue weighted by Crippen LogP contribution is 2.18. The van der Waals surface area contributed by atoms with Crippen LogP contribution in [0.25, 0.3) is 0 Å². The zero-order valence-corrected chi connectivity index (χ0v) is 6.00. The minimum absolute atomic E-state index is 0.176. The van der Waals surface area contributed by atoms with E-state index in [0.29, 0.717) is 0 Å². The molecule has 2 N–H and O–H groups in total. The number of hydrogen-bond acceptors (Lipinski definition) is 2. The fourth-order valence-corrected chi connectivity index (χ4v) is 0.650. The molecule has 0 radical (unpaired) electrons. The number of hydrogen-bond donors (Lipinski definition) is 2. The van der Waals surface area contributed by atoms with E-state index >= 15 is 0 Å². The Hall–Kier alpha value is -1.13. The molecule has 0 saturated heterocycles. The second-order valence-electron chi connectivity index (χ2n) is 2.16. The van der Waals surface area contributed by atoms with Gasteiger partial charge >= 0.3 is 17.6 Å². The molecule has 0 aliphatic heterocycles. The van der Waals surface area contributed by atoms with Gasteiger partial charge in [-0.25, -0.2) is 14.0 Å². The van der Waals surface area contributed by atoms with Crippen molar-refractivity contribution in [2.24, 2.45) is 0 Å². The molecule has 0 amide bonds. The molecule has 64 valence electrons. The number of carboxylic acids is 2. The van der Waals surface area contributed by atoms with Gasteiger partial charge in [0, 0.05) is 6.42 Å². The Morgan fingerprint density at radius 3 is 1.82 bits per heavy atom. The van der Waals surface area contributed by atoms with Crippen LogP contribution in [0.4, 0.5) is 4.39 Å². The van der Waals surface area contributed by atoms with Gasteiger partial charge in [-0.3, -0.25) is 0 Å². The van der Waals surface area contributed by atoms with Crippen LogP contribution in [-0.4, -0.2) is 27.8 Å². The van der Waals surface area contributed by atoms with E-state index in [9.17, 15) is 14.0 Å². The number of alkyl halides is 1. The predicted molar refractivity (Wildman–Crippen MR) is 34.0 cm³/mol. The molecule has 0 aromatic heterocycles. The van der Waals surface area contributed by atoms with Crippen LogP contribution in [0.5, 0.6) is 0 Å². The van der Waals surface area contributed by atoms with Gasteiger partial charge in [0.2, 0.25) is 0 Å². The average molecular weight is 164 g/mol. The third-order valence-corrected chi connectivity index (χ3v) is 1.27. The predicted octanol–water partition coefficient (Wildman–Crippen LogP) is 0.664. The summed E-state index contributed by atoms with van der Waals surface area (Å²) in [6.07, 6.45) is -0.327. The summed E-state index contributed by atoms with van der Waals surface area (Å²) in [5.74, 6) is -3.88.